The van der Waals surface area contributed by atoms with E-state index in [2.05, 4.69) is 4.98 Å². The van der Waals surface area contributed by atoms with Crippen LogP contribution in [0.4, 0.5) is 21.5 Å². The summed E-state index contributed by atoms with van der Waals surface area (Å²) in [7, 11) is 1.41. The summed E-state index contributed by atoms with van der Waals surface area (Å²) in [6.07, 6.45) is 2.93. The number of rotatable bonds is 3. The number of pyridine rings is 1. The highest BCUT2D eigenvalue weighted by Crippen LogP contribution is 2.29. The number of amides is 1. The SMILES string of the molecule is CN(C(=O)c1c(F)ccc([N+](=O)[O-])c1N)c1ccncc1. The Kier molecular flexibility index (Phi) is 3.79. The molecular formula is C13H11FN4O3. The van der Waals surface area contributed by atoms with Gasteiger partial charge in [-0.3, -0.25) is 19.9 Å². The molecule has 8 heteroatoms. The van der Waals surface area contributed by atoms with Gasteiger partial charge in [-0.25, -0.2) is 4.39 Å². The summed E-state index contributed by atoms with van der Waals surface area (Å²) in [4.78, 5) is 27.3. The Morgan fingerprint density at radius 1 is 1.33 bits per heavy atom. The van der Waals surface area contributed by atoms with Gasteiger partial charge < -0.3 is 10.6 Å². The fraction of sp³-hybridized carbons (Fsp3) is 0.0769. The fourth-order valence-electron chi connectivity index (χ4n) is 1.81. The zero-order valence-corrected chi connectivity index (χ0v) is 11.0. The van der Waals surface area contributed by atoms with Crippen molar-refractivity contribution in [2.75, 3.05) is 17.7 Å². The van der Waals surface area contributed by atoms with E-state index in [-0.39, 0.29) is 0 Å². The molecular weight excluding hydrogens is 279 g/mol. The number of nitro groups is 1. The number of aromatic nitrogens is 1. The molecule has 0 saturated heterocycles. The second-order valence-corrected chi connectivity index (χ2v) is 4.18. The van der Waals surface area contributed by atoms with Gasteiger partial charge in [0, 0.05) is 31.2 Å². The smallest absolute Gasteiger partial charge is 0.293 e. The summed E-state index contributed by atoms with van der Waals surface area (Å²) in [5.74, 6) is -1.69. The number of benzene rings is 1. The van der Waals surface area contributed by atoms with Gasteiger partial charge in [0.25, 0.3) is 11.6 Å². The van der Waals surface area contributed by atoms with Crippen LogP contribution in [-0.4, -0.2) is 22.9 Å². The standard InChI is InChI=1S/C13H11FN4O3/c1-17(8-4-6-16-7-5-8)13(19)11-9(14)2-3-10(12(11)15)18(20)21/h2-7H,15H2,1H3. The number of hydrogen-bond acceptors (Lipinski definition) is 5. The van der Waals surface area contributed by atoms with Crippen molar-refractivity contribution in [2.45, 2.75) is 0 Å². The maximum absolute atomic E-state index is 13.9. The maximum atomic E-state index is 13.9. The third-order valence-corrected chi connectivity index (χ3v) is 2.94. The molecule has 2 aromatic rings. The Morgan fingerprint density at radius 3 is 2.52 bits per heavy atom. The molecule has 108 valence electrons. The maximum Gasteiger partial charge on any atom is 0.293 e. The van der Waals surface area contributed by atoms with Gasteiger partial charge in [-0.15, -0.1) is 0 Å². The first-order valence-corrected chi connectivity index (χ1v) is 5.84. The fourth-order valence-corrected chi connectivity index (χ4v) is 1.81. The van der Waals surface area contributed by atoms with E-state index in [0.717, 1.165) is 17.0 Å². The Hall–Kier alpha value is -3.03. The van der Waals surface area contributed by atoms with Crippen molar-refractivity contribution in [2.24, 2.45) is 0 Å². The lowest BCUT2D eigenvalue weighted by molar-refractivity contribution is -0.384. The predicted octanol–water partition coefficient (Wildman–Crippen LogP) is 1.99. The molecule has 0 aliphatic heterocycles. The van der Waals surface area contributed by atoms with E-state index in [1.807, 2.05) is 0 Å². The summed E-state index contributed by atoms with van der Waals surface area (Å²) in [5, 5.41) is 10.8. The average molecular weight is 290 g/mol. The minimum atomic E-state index is -0.913. The van der Waals surface area contributed by atoms with E-state index in [0.29, 0.717) is 5.69 Å². The van der Waals surface area contributed by atoms with Crippen LogP contribution in [0.3, 0.4) is 0 Å². The highest BCUT2D eigenvalue weighted by molar-refractivity contribution is 6.10. The molecule has 0 spiro atoms. The number of nitrogen functional groups attached to an aromatic ring is 1. The van der Waals surface area contributed by atoms with Gasteiger partial charge in [-0.1, -0.05) is 0 Å². The second kappa shape index (κ2) is 5.53. The van der Waals surface area contributed by atoms with Crippen LogP contribution in [0.2, 0.25) is 0 Å². The van der Waals surface area contributed by atoms with Crippen molar-refractivity contribution in [1.82, 2.24) is 4.98 Å². The summed E-state index contributed by atoms with van der Waals surface area (Å²) in [6, 6.07) is 4.86. The van der Waals surface area contributed by atoms with E-state index >= 15 is 0 Å². The zero-order chi connectivity index (χ0) is 15.6. The van der Waals surface area contributed by atoms with Crippen LogP contribution in [-0.2, 0) is 0 Å². The quantitative estimate of drug-likeness (QED) is 0.529. The second-order valence-electron chi connectivity index (χ2n) is 4.18. The number of carbonyl (C=O) groups is 1. The third kappa shape index (κ3) is 2.64. The summed E-state index contributed by atoms with van der Waals surface area (Å²) in [5.41, 5.74) is 4.49. The third-order valence-electron chi connectivity index (χ3n) is 2.94. The molecule has 1 heterocycles. The van der Waals surface area contributed by atoms with Gasteiger partial charge in [0.2, 0.25) is 0 Å². The van der Waals surface area contributed by atoms with Crippen LogP contribution in [0, 0.1) is 15.9 Å². The summed E-state index contributed by atoms with van der Waals surface area (Å²) < 4.78 is 13.9. The average Bonchev–Trinajstić information content (AvgIpc) is 2.46. The highest BCUT2D eigenvalue weighted by Gasteiger charge is 2.26. The first kappa shape index (κ1) is 14.4. The number of carbonyl (C=O) groups excluding carboxylic acids is 1. The lowest BCUT2D eigenvalue weighted by atomic mass is 10.1. The first-order valence-electron chi connectivity index (χ1n) is 5.84. The van der Waals surface area contributed by atoms with Crippen molar-refractivity contribution in [1.29, 1.82) is 0 Å². The molecule has 0 aliphatic carbocycles. The Bertz CT molecular complexity index is 706. The van der Waals surface area contributed by atoms with Crippen molar-refractivity contribution < 1.29 is 14.1 Å². The molecule has 0 radical (unpaired) electrons. The number of nitrogens with two attached hydrogens (primary N) is 1. The van der Waals surface area contributed by atoms with Gasteiger partial charge in [0.05, 0.1) is 4.92 Å². The molecule has 21 heavy (non-hydrogen) atoms. The van der Waals surface area contributed by atoms with Crippen LogP contribution in [0.5, 0.6) is 0 Å². The van der Waals surface area contributed by atoms with Crippen LogP contribution in [0.15, 0.2) is 36.7 Å². The molecule has 7 nitrogen and oxygen atoms in total. The first-order chi connectivity index (χ1) is 9.93. The molecule has 0 saturated carbocycles. The van der Waals surface area contributed by atoms with Crippen molar-refractivity contribution >= 4 is 23.0 Å². The predicted molar refractivity (Wildman–Crippen MR) is 74.4 cm³/mol. The van der Waals surface area contributed by atoms with Crippen LogP contribution >= 0.6 is 0 Å². The number of anilines is 2. The minimum Gasteiger partial charge on any atom is -0.392 e. The molecule has 2 rings (SSSR count). The molecule has 1 aromatic carbocycles. The number of nitrogens with zero attached hydrogens (tertiary/aromatic N) is 3. The largest absolute Gasteiger partial charge is 0.392 e. The van der Waals surface area contributed by atoms with Crippen LogP contribution in [0.1, 0.15) is 10.4 Å². The highest BCUT2D eigenvalue weighted by atomic mass is 19.1. The van der Waals surface area contributed by atoms with E-state index in [4.69, 9.17) is 5.73 Å². The molecule has 0 bridgehead atoms. The molecule has 0 unspecified atom stereocenters. The number of hydrogen-bond donors (Lipinski definition) is 1. The van der Waals surface area contributed by atoms with Gasteiger partial charge in [-0.05, 0) is 18.2 Å². The number of halogens is 1. The van der Waals surface area contributed by atoms with Crippen molar-refractivity contribution in [3.05, 3.63) is 58.2 Å². The van der Waals surface area contributed by atoms with E-state index in [1.54, 1.807) is 12.1 Å². The lowest BCUT2D eigenvalue weighted by Gasteiger charge is -2.18. The normalized spacial score (nSPS) is 10.2. The van der Waals surface area contributed by atoms with Crippen LogP contribution < -0.4 is 10.6 Å². The minimum absolute atomic E-state index is 0.459. The molecule has 0 aliphatic rings. The Morgan fingerprint density at radius 2 is 1.95 bits per heavy atom. The van der Waals surface area contributed by atoms with Gasteiger partial charge >= 0.3 is 0 Å². The lowest BCUT2D eigenvalue weighted by Crippen LogP contribution is -2.28. The summed E-state index contributed by atoms with van der Waals surface area (Å²) in [6.45, 7) is 0. The van der Waals surface area contributed by atoms with Gasteiger partial charge in [-0.2, -0.15) is 0 Å². The Labute approximate surface area is 119 Å². The van der Waals surface area contributed by atoms with Crippen molar-refractivity contribution in [3.63, 3.8) is 0 Å². The van der Waals surface area contributed by atoms with E-state index < -0.39 is 33.6 Å². The van der Waals surface area contributed by atoms with E-state index in [1.165, 1.54) is 19.4 Å². The van der Waals surface area contributed by atoms with Crippen molar-refractivity contribution in [3.8, 4) is 0 Å². The number of nitro benzene ring substituents is 1. The summed E-state index contributed by atoms with van der Waals surface area (Å²) >= 11 is 0. The monoisotopic (exact) mass is 290 g/mol. The van der Waals surface area contributed by atoms with Gasteiger partial charge in [0.1, 0.15) is 17.1 Å². The molecule has 2 N–H and O–H groups in total. The Balaban J connectivity index is 2.49. The molecule has 0 atom stereocenters. The van der Waals surface area contributed by atoms with Gasteiger partial charge in [0.15, 0.2) is 0 Å². The topological polar surface area (TPSA) is 102 Å². The molecule has 1 amide bonds. The molecule has 0 fully saturated rings. The molecule has 1 aromatic heterocycles. The zero-order valence-electron chi connectivity index (χ0n) is 11.0. The van der Waals surface area contributed by atoms with E-state index in [9.17, 15) is 19.3 Å². The van der Waals surface area contributed by atoms with Crippen LogP contribution in [0.25, 0.3) is 0 Å².